The lowest BCUT2D eigenvalue weighted by Crippen LogP contribution is -2.34. The Morgan fingerprint density at radius 2 is 1.48 bits per heavy atom. The van der Waals surface area contributed by atoms with Gasteiger partial charge in [0.15, 0.2) is 0 Å². The molecule has 0 saturated heterocycles. The molecule has 0 aliphatic heterocycles. The summed E-state index contributed by atoms with van der Waals surface area (Å²) in [6.07, 6.45) is 15.5. The van der Waals surface area contributed by atoms with Crippen molar-refractivity contribution in [3.05, 3.63) is 29.8 Å². The molecule has 162 valence electrons. The molecule has 6 nitrogen and oxygen atoms in total. The largest absolute Gasteiger partial charge is 0.507 e. The third kappa shape index (κ3) is 13.4. The molecule has 0 aliphatic rings. The van der Waals surface area contributed by atoms with Crippen LogP contribution in [0.2, 0.25) is 0 Å². The van der Waals surface area contributed by atoms with Gasteiger partial charge in [0.25, 0.3) is 5.91 Å². The van der Waals surface area contributed by atoms with E-state index in [4.69, 9.17) is 0 Å². The SMILES string of the molecule is CCCCCCCCCCCCCC(=O)NCC(=O)NN=Cc1ccccc1O. The van der Waals surface area contributed by atoms with Crippen LogP contribution in [0.25, 0.3) is 0 Å². The van der Waals surface area contributed by atoms with Crippen molar-refractivity contribution in [1.29, 1.82) is 0 Å². The number of hydrogen-bond acceptors (Lipinski definition) is 4. The molecule has 0 atom stereocenters. The first kappa shape index (κ1) is 24.7. The fourth-order valence-electron chi connectivity index (χ4n) is 3.03. The number of nitrogens with one attached hydrogen (secondary N) is 2. The molecule has 0 spiro atoms. The molecule has 0 fully saturated rings. The molecule has 2 amide bonds. The minimum Gasteiger partial charge on any atom is -0.507 e. The molecule has 0 saturated carbocycles. The Kier molecular flexibility index (Phi) is 14.1. The second-order valence-corrected chi connectivity index (χ2v) is 7.41. The number of phenols is 1. The van der Waals surface area contributed by atoms with Crippen LogP contribution in [0, 0.1) is 0 Å². The standard InChI is InChI=1S/C23H37N3O3/c1-2-3-4-5-6-7-8-9-10-11-12-17-22(28)24-19-23(29)26-25-18-20-15-13-14-16-21(20)27/h13-16,18,27H,2-12,17,19H2,1H3,(H,24,28)(H,26,29). The van der Waals surface area contributed by atoms with Gasteiger partial charge in [-0.25, -0.2) is 5.43 Å². The van der Waals surface area contributed by atoms with Crippen LogP contribution in [-0.4, -0.2) is 29.7 Å². The average Bonchev–Trinajstić information content (AvgIpc) is 2.72. The fourth-order valence-corrected chi connectivity index (χ4v) is 3.03. The zero-order valence-electron chi connectivity index (χ0n) is 17.8. The molecule has 0 heterocycles. The molecule has 29 heavy (non-hydrogen) atoms. The molecule has 1 rings (SSSR count). The second-order valence-electron chi connectivity index (χ2n) is 7.41. The summed E-state index contributed by atoms with van der Waals surface area (Å²) in [4.78, 5) is 23.5. The molecule has 3 N–H and O–H groups in total. The van der Waals surface area contributed by atoms with E-state index >= 15 is 0 Å². The smallest absolute Gasteiger partial charge is 0.259 e. The molecular formula is C23H37N3O3. The second kappa shape index (κ2) is 16.6. The number of hydrogen-bond donors (Lipinski definition) is 3. The van der Waals surface area contributed by atoms with Crippen molar-refractivity contribution in [3.63, 3.8) is 0 Å². The van der Waals surface area contributed by atoms with Gasteiger partial charge < -0.3 is 10.4 Å². The maximum Gasteiger partial charge on any atom is 0.259 e. The highest BCUT2D eigenvalue weighted by Gasteiger charge is 2.05. The van der Waals surface area contributed by atoms with Crippen LogP contribution in [-0.2, 0) is 9.59 Å². The molecule has 0 aliphatic carbocycles. The van der Waals surface area contributed by atoms with Gasteiger partial charge >= 0.3 is 0 Å². The van der Waals surface area contributed by atoms with Gasteiger partial charge in [-0.15, -0.1) is 0 Å². The van der Waals surface area contributed by atoms with Gasteiger partial charge in [0.2, 0.25) is 5.91 Å². The Labute approximate surface area is 175 Å². The van der Waals surface area contributed by atoms with Gasteiger partial charge in [-0.2, -0.15) is 5.10 Å². The highest BCUT2D eigenvalue weighted by atomic mass is 16.3. The van der Waals surface area contributed by atoms with Gasteiger partial charge in [-0.05, 0) is 18.6 Å². The minimum atomic E-state index is -0.399. The Morgan fingerprint density at radius 1 is 0.897 bits per heavy atom. The maximum atomic E-state index is 11.8. The van der Waals surface area contributed by atoms with Crippen LogP contribution >= 0.6 is 0 Å². The number of para-hydroxylation sites is 1. The van der Waals surface area contributed by atoms with Crippen molar-refractivity contribution < 1.29 is 14.7 Å². The number of carbonyl (C=O) groups is 2. The zero-order valence-corrected chi connectivity index (χ0v) is 17.8. The zero-order chi connectivity index (χ0) is 21.2. The van der Waals surface area contributed by atoms with Gasteiger partial charge in [-0.3, -0.25) is 9.59 Å². The van der Waals surface area contributed by atoms with Gasteiger partial charge in [0, 0.05) is 12.0 Å². The predicted molar refractivity (Wildman–Crippen MR) is 118 cm³/mol. The highest BCUT2D eigenvalue weighted by Crippen LogP contribution is 2.13. The van der Waals surface area contributed by atoms with Crippen LogP contribution in [0.4, 0.5) is 0 Å². The number of hydrazone groups is 1. The number of amides is 2. The number of nitrogens with zero attached hydrogens (tertiary/aromatic N) is 1. The van der Waals surface area contributed by atoms with Crippen LogP contribution in [0.15, 0.2) is 29.4 Å². The molecule has 0 unspecified atom stereocenters. The summed E-state index contributed by atoms with van der Waals surface area (Å²) in [5, 5.41) is 16.0. The minimum absolute atomic E-state index is 0.0887. The summed E-state index contributed by atoms with van der Waals surface area (Å²) >= 11 is 0. The van der Waals surface area contributed by atoms with E-state index in [1.54, 1.807) is 18.2 Å². The topological polar surface area (TPSA) is 90.8 Å². The molecule has 1 aromatic carbocycles. The Balaban J connectivity index is 1.97. The van der Waals surface area contributed by atoms with E-state index in [1.807, 2.05) is 0 Å². The summed E-state index contributed by atoms with van der Waals surface area (Å²) < 4.78 is 0. The van der Waals surface area contributed by atoms with Crippen LogP contribution in [0.5, 0.6) is 5.75 Å². The van der Waals surface area contributed by atoms with Crippen molar-refractivity contribution in [2.24, 2.45) is 5.10 Å². The number of carbonyl (C=O) groups excluding carboxylic acids is 2. The van der Waals surface area contributed by atoms with Crippen molar-refractivity contribution in [3.8, 4) is 5.75 Å². The van der Waals surface area contributed by atoms with Crippen molar-refractivity contribution >= 4 is 18.0 Å². The first-order chi connectivity index (χ1) is 14.1. The lowest BCUT2D eigenvalue weighted by Gasteiger charge is -2.05. The Hall–Kier alpha value is -2.37. The summed E-state index contributed by atoms with van der Waals surface area (Å²) in [5.41, 5.74) is 2.84. The lowest BCUT2D eigenvalue weighted by atomic mass is 10.1. The predicted octanol–water partition coefficient (Wildman–Crippen LogP) is 4.66. The first-order valence-electron chi connectivity index (χ1n) is 11.0. The molecule has 6 heteroatoms. The fraction of sp³-hybridized carbons (Fsp3) is 0.609. The summed E-state index contributed by atoms with van der Waals surface area (Å²) in [7, 11) is 0. The summed E-state index contributed by atoms with van der Waals surface area (Å²) in [6.45, 7) is 2.14. The molecular weight excluding hydrogens is 366 g/mol. The van der Waals surface area contributed by atoms with E-state index < -0.39 is 5.91 Å². The van der Waals surface area contributed by atoms with Gasteiger partial charge in [0.1, 0.15) is 5.75 Å². The maximum absolute atomic E-state index is 11.8. The number of benzene rings is 1. The van der Waals surface area contributed by atoms with E-state index in [2.05, 4.69) is 22.8 Å². The van der Waals surface area contributed by atoms with Crippen molar-refractivity contribution in [2.45, 2.75) is 84.0 Å². The van der Waals surface area contributed by atoms with E-state index in [0.29, 0.717) is 12.0 Å². The van der Waals surface area contributed by atoms with Crippen LogP contribution in [0.1, 0.15) is 89.5 Å². The normalized spacial score (nSPS) is 10.9. The Bertz CT molecular complexity index is 617. The van der Waals surface area contributed by atoms with Crippen LogP contribution < -0.4 is 10.7 Å². The van der Waals surface area contributed by atoms with E-state index in [0.717, 1.165) is 12.8 Å². The summed E-state index contributed by atoms with van der Waals surface area (Å²) in [5.74, 6) is -0.421. The Morgan fingerprint density at radius 3 is 2.10 bits per heavy atom. The quantitative estimate of drug-likeness (QED) is 0.213. The molecule has 0 radical (unpaired) electrons. The van der Waals surface area contributed by atoms with E-state index in [9.17, 15) is 14.7 Å². The number of aromatic hydroxyl groups is 1. The number of rotatable bonds is 16. The van der Waals surface area contributed by atoms with E-state index in [-0.39, 0.29) is 18.2 Å². The van der Waals surface area contributed by atoms with Gasteiger partial charge in [-0.1, -0.05) is 83.3 Å². The summed E-state index contributed by atoms with van der Waals surface area (Å²) in [6, 6.07) is 6.69. The third-order valence-corrected chi connectivity index (χ3v) is 4.78. The first-order valence-corrected chi connectivity index (χ1v) is 11.0. The van der Waals surface area contributed by atoms with E-state index in [1.165, 1.54) is 70.1 Å². The molecule has 0 aromatic heterocycles. The molecule has 1 aromatic rings. The number of phenolic OH excluding ortho intramolecular Hbond substituents is 1. The highest BCUT2D eigenvalue weighted by molar-refractivity contribution is 5.87. The van der Waals surface area contributed by atoms with Gasteiger partial charge in [0.05, 0.1) is 12.8 Å². The van der Waals surface area contributed by atoms with Crippen molar-refractivity contribution in [2.75, 3.05) is 6.54 Å². The monoisotopic (exact) mass is 403 g/mol. The third-order valence-electron chi connectivity index (χ3n) is 4.78. The van der Waals surface area contributed by atoms with Crippen LogP contribution in [0.3, 0.4) is 0 Å². The average molecular weight is 404 g/mol. The van der Waals surface area contributed by atoms with Crippen molar-refractivity contribution in [1.82, 2.24) is 10.7 Å². The number of unbranched alkanes of at least 4 members (excludes halogenated alkanes) is 10. The molecule has 0 bridgehead atoms. The lowest BCUT2D eigenvalue weighted by molar-refractivity contribution is -0.126.